The monoisotopic (exact) mass is 409 g/mol. The summed E-state index contributed by atoms with van der Waals surface area (Å²) in [7, 11) is 4.99. The lowest BCUT2D eigenvalue weighted by atomic mass is 10.1. The maximum atomic E-state index is 13.1. The number of rotatable bonds is 9. The third-order valence-corrected chi connectivity index (χ3v) is 4.85. The first-order valence-corrected chi connectivity index (χ1v) is 9.79. The van der Waals surface area contributed by atoms with Crippen molar-refractivity contribution in [2.45, 2.75) is 6.10 Å². The molecule has 0 aliphatic carbocycles. The maximum absolute atomic E-state index is 13.1. The van der Waals surface area contributed by atoms with E-state index in [1.807, 2.05) is 0 Å². The summed E-state index contributed by atoms with van der Waals surface area (Å²) in [6, 6.07) is 6.32. The summed E-state index contributed by atoms with van der Waals surface area (Å²) in [4.78, 5) is 20.6. The highest BCUT2D eigenvalue weighted by Gasteiger charge is 2.22. The Kier molecular flexibility index (Phi) is 9.82. The molecule has 9 heteroatoms. The molecule has 1 aromatic carbocycles. The Morgan fingerprint density at radius 3 is 2.45 bits per heavy atom. The van der Waals surface area contributed by atoms with Gasteiger partial charge in [-0.25, -0.2) is 4.39 Å². The molecule has 0 spiro atoms. The van der Waals surface area contributed by atoms with Crippen LogP contribution in [0.2, 0.25) is 0 Å². The van der Waals surface area contributed by atoms with Crippen LogP contribution < -0.4 is 10.6 Å². The van der Waals surface area contributed by atoms with Crippen molar-refractivity contribution in [1.82, 2.24) is 20.4 Å². The van der Waals surface area contributed by atoms with Crippen molar-refractivity contribution < 1.29 is 18.7 Å². The van der Waals surface area contributed by atoms with Crippen LogP contribution in [-0.2, 0) is 14.3 Å². The first-order valence-electron chi connectivity index (χ1n) is 9.79. The van der Waals surface area contributed by atoms with Crippen molar-refractivity contribution in [2.75, 3.05) is 73.7 Å². The number of nitrogens with one attached hydrogen (secondary N) is 2. The number of hydrogen-bond donors (Lipinski definition) is 2. The van der Waals surface area contributed by atoms with Crippen LogP contribution in [0.25, 0.3) is 0 Å². The summed E-state index contributed by atoms with van der Waals surface area (Å²) >= 11 is 0. The van der Waals surface area contributed by atoms with Crippen LogP contribution in [0.15, 0.2) is 29.3 Å². The molecule has 1 amide bonds. The number of benzene rings is 1. The molecule has 1 fully saturated rings. The molecule has 1 aromatic rings. The van der Waals surface area contributed by atoms with Gasteiger partial charge in [0, 0.05) is 60.5 Å². The van der Waals surface area contributed by atoms with Gasteiger partial charge in [-0.3, -0.25) is 14.7 Å². The van der Waals surface area contributed by atoms with E-state index in [4.69, 9.17) is 9.47 Å². The molecule has 0 radical (unpaired) electrons. The SMILES string of the molecule is CN=C(NCC(OC)c1ccc(F)cc1)N1CCN(CC(=O)NCCOC)CC1. The molecule has 1 saturated heterocycles. The van der Waals surface area contributed by atoms with Gasteiger partial charge >= 0.3 is 0 Å². The molecule has 0 aromatic heterocycles. The van der Waals surface area contributed by atoms with E-state index < -0.39 is 0 Å². The lowest BCUT2D eigenvalue weighted by Crippen LogP contribution is -2.54. The zero-order valence-electron chi connectivity index (χ0n) is 17.5. The minimum absolute atomic E-state index is 0.0141. The van der Waals surface area contributed by atoms with E-state index in [1.165, 1.54) is 12.1 Å². The molecule has 29 heavy (non-hydrogen) atoms. The number of aliphatic imine (C=N–C) groups is 1. The summed E-state index contributed by atoms with van der Waals surface area (Å²) in [6.07, 6.45) is -0.204. The van der Waals surface area contributed by atoms with E-state index in [0.29, 0.717) is 26.2 Å². The van der Waals surface area contributed by atoms with Gasteiger partial charge in [-0.15, -0.1) is 0 Å². The van der Waals surface area contributed by atoms with E-state index in [2.05, 4.69) is 25.4 Å². The highest BCUT2D eigenvalue weighted by atomic mass is 19.1. The van der Waals surface area contributed by atoms with Crippen molar-refractivity contribution in [3.05, 3.63) is 35.6 Å². The Bertz CT molecular complexity index is 648. The van der Waals surface area contributed by atoms with Gasteiger partial charge in [-0.2, -0.15) is 0 Å². The molecular formula is C20H32FN5O3. The van der Waals surface area contributed by atoms with Gasteiger partial charge < -0.3 is 25.0 Å². The number of halogens is 1. The smallest absolute Gasteiger partial charge is 0.234 e. The van der Waals surface area contributed by atoms with E-state index in [9.17, 15) is 9.18 Å². The first kappa shape index (κ1) is 23.1. The third-order valence-electron chi connectivity index (χ3n) is 4.85. The first-order chi connectivity index (χ1) is 14.1. The number of guanidine groups is 1. The molecule has 162 valence electrons. The second-order valence-electron chi connectivity index (χ2n) is 6.81. The molecule has 1 aliphatic rings. The number of ether oxygens (including phenoxy) is 2. The quantitative estimate of drug-likeness (QED) is 0.351. The molecule has 1 atom stereocenters. The summed E-state index contributed by atoms with van der Waals surface area (Å²) in [5, 5.41) is 6.18. The zero-order chi connectivity index (χ0) is 21.1. The van der Waals surface area contributed by atoms with Crippen LogP contribution in [0, 0.1) is 5.82 Å². The number of piperazine rings is 1. The van der Waals surface area contributed by atoms with Crippen LogP contribution in [0.1, 0.15) is 11.7 Å². The van der Waals surface area contributed by atoms with Crippen LogP contribution in [-0.4, -0.2) is 95.4 Å². The van der Waals surface area contributed by atoms with Crippen molar-refractivity contribution in [3.8, 4) is 0 Å². The number of methoxy groups -OCH3 is 2. The topological polar surface area (TPSA) is 78.4 Å². The second kappa shape index (κ2) is 12.4. The van der Waals surface area contributed by atoms with Crippen LogP contribution in [0.3, 0.4) is 0 Å². The van der Waals surface area contributed by atoms with Gasteiger partial charge in [0.2, 0.25) is 5.91 Å². The normalized spacial score (nSPS) is 16.6. The van der Waals surface area contributed by atoms with Crippen LogP contribution in [0.4, 0.5) is 4.39 Å². The van der Waals surface area contributed by atoms with Crippen LogP contribution in [0.5, 0.6) is 0 Å². The fourth-order valence-corrected chi connectivity index (χ4v) is 3.20. The second-order valence-corrected chi connectivity index (χ2v) is 6.81. The fourth-order valence-electron chi connectivity index (χ4n) is 3.20. The summed E-state index contributed by atoms with van der Waals surface area (Å²) in [6.45, 7) is 5.08. The molecule has 0 saturated carbocycles. The Morgan fingerprint density at radius 2 is 1.86 bits per heavy atom. The van der Waals surface area contributed by atoms with Crippen molar-refractivity contribution in [1.29, 1.82) is 0 Å². The lowest BCUT2D eigenvalue weighted by Gasteiger charge is -2.36. The van der Waals surface area contributed by atoms with Crippen molar-refractivity contribution in [2.24, 2.45) is 4.99 Å². The summed E-state index contributed by atoms with van der Waals surface area (Å²) in [5.74, 6) is 0.538. The van der Waals surface area contributed by atoms with E-state index >= 15 is 0 Å². The maximum Gasteiger partial charge on any atom is 0.234 e. The Balaban J connectivity index is 1.78. The predicted octanol–water partition coefficient (Wildman–Crippen LogP) is 0.469. The molecule has 2 N–H and O–H groups in total. The number of nitrogens with zero attached hydrogens (tertiary/aromatic N) is 3. The molecule has 2 rings (SSSR count). The van der Waals surface area contributed by atoms with Gasteiger partial charge in [-0.05, 0) is 17.7 Å². The lowest BCUT2D eigenvalue weighted by molar-refractivity contribution is -0.122. The minimum atomic E-state index is -0.266. The van der Waals surface area contributed by atoms with Crippen molar-refractivity contribution >= 4 is 11.9 Å². The van der Waals surface area contributed by atoms with Gasteiger partial charge in [0.25, 0.3) is 0 Å². The van der Waals surface area contributed by atoms with E-state index in [0.717, 1.165) is 37.7 Å². The van der Waals surface area contributed by atoms with Gasteiger partial charge in [0.05, 0.1) is 19.3 Å². The average Bonchev–Trinajstić information content (AvgIpc) is 2.73. The number of carbonyl (C=O) groups is 1. The number of carbonyl (C=O) groups excluding carboxylic acids is 1. The number of hydrogen-bond acceptors (Lipinski definition) is 5. The average molecular weight is 410 g/mol. The van der Waals surface area contributed by atoms with Crippen LogP contribution >= 0.6 is 0 Å². The highest BCUT2D eigenvalue weighted by molar-refractivity contribution is 5.80. The molecule has 1 heterocycles. The predicted molar refractivity (Wildman–Crippen MR) is 110 cm³/mol. The van der Waals surface area contributed by atoms with Gasteiger partial charge in [0.15, 0.2) is 5.96 Å². The summed E-state index contributed by atoms with van der Waals surface area (Å²) < 4.78 is 23.6. The number of amides is 1. The van der Waals surface area contributed by atoms with Crippen molar-refractivity contribution in [3.63, 3.8) is 0 Å². The van der Waals surface area contributed by atoms with E-state index in [-0.39, 0.29) is 17.8 Å². The zero-order valence-corrected chi connectivity index (χ0v) is 17.5. The fraction of sp³-hybridized carbons (Fsp3) is 0.600. The Morgan fingerprint density at radius 1 is 1.17 bits per heavy atom. The van der Waals surface area contributed by atoms with Gasteiger partial charge in [-0.1, -0.05) is 12.1 Å². The third kappa shape index (κ3) is 7.60. The Hall–Kier alpha value is -2.23. The Labute approximate surface area is 172 Å². The largest absolute Gasteiger partial charge is 0.383 e. The molecule has 1 aliphatic heterocycles. The van der Waals surface area contributed by atoms with Gasteiger partial charge in [0.1, 0.15) is 5.82 Å². The molecule has 0 bridgehead atoms. The minimum Gasteiger partial charge on any atom is -0.383 e. The highest BCUT2D eigenvalue weighted by Crippen LogP contribution is 2.16. The molecule has 1 unspecified atom stereocenters. The van der Waals surface area contributed by atoms with E-state index in [1.54, 1.807) is 33.4 Å². The molecule has 8 nitrogen and oxygen atoms in total. The summed E-state index contributed by atoms with van der Waals surface area (Å²) in [5.41, 5.74) is 0.904. The molecular weight excluding hydrogens is 377 g/mol. The standard InChI is InChI=1S/C20H32FN5O3/c1-22-20(24-14-18(29-3)16-4-6-17(21)7-5-16)26-11-9-25(10-12-26)15-19(27)23-8-13-28-2/h4-7,18H,8-15H2,1-3H3,(H,22,24)(H,23,27).